The Bertz CT molecular complexity index is 1190. The molecule has 0 aromatic heterocycles. The molecular formula is C24H24N6O6S2. The molecule has 38 heavy (non-hydrogen) atoms. The van der Waals surface area contributed by atoms with Gasteiger partial charge in [-0.05, 0) is 12.1 Å². The quantitative estimate of drug-likeness (QED) is 0.399. The van der Waals surface area contributed by atoms with Crippen LogP contribution >= 0.6 is 23.5 Å². The summed E-state index contributed by atoms with van der Waals surface area (Å²) >= 11 is 2.20. The molecular weight excluding hydrogens is 532 g/mol. The van der Waals surface area contributed by atoms with Gasteiger partial charge in [0.05, 0.1) is 26.7 Å². The average Bonchev–Trinajstić information content (AvgIpc) is 3.36. The predicted octanol–water partition coefficient (Wildman–Crippen LogP) is 2.82. The van der Waals surface area contributed by atoms with Crippen LogP contribution < -0.4 is 9.47 Å². The molecule has 198 valence electrons. The highest BCUT2D eigenvalue weighted by molar-refractivity contribution is 8.24. The van der Waals surface area contributed by atoms with Crippen LogP contribution in [0.3, 0.4) is 0 Å². The molecule has 1 aromatic carbocycles. The van der Waals surface area contributed by atoms with E-state index in [9.17, 15) is 24.4 Å². The lowest BCUT2D eigenvalue weighted by Gasteiger charge is -2.33. The molecule has 0 saturated carbocycles. The van der Waals surface area contributed by atoms with E-state index in [1.807, 2.05) is 6.07 Å². The first-order valence-electron chi connectivity index (χ1n) is 11.7. The van der Waals surface area contributed by atoms with E-state index in [2.05, 4.69) is 4.85 Å². The minimum atomic E-state index is -0.586. The van der Waals surface area contributed by atoms with Crippen LogP contribution in [0.5, 0.6) is 11.5 Å². The van der Waals surface area contributed by atoms with Gasteiger partial charge in [-0.1, -0.05) is 23.5 Å². The maximum absolute atomic E-state index is 12.9. The number of hydrogen-bond acceptors (Lipinski definition) is 9. The molecule has 2 saturated heterocycles. The molecule has 12 nitrogen and oxygen atoms in total. The van der Waals surface area contributed by atoms with Gasteiger partial charge in [0, 0.05) is 66.2 Å². The van der Waals surface area contributed by atoms with E-state index in [0.29, 0.717) is 66.4 Å². The Morgan fingerprint density at radius 2 is 1.16 bits per heavy atom. The third-order valence-corrected chi connectivity index (χ3v) is 8.81. The van der Waals surface area contributed by atoms with Gasteiger partial charge in [-0.3, -0.25) is 9.59 Å². The number of nitrogens with zero attached hydrogens (tertiary/aromatic N) is 6. The third-order valence-electron chi connectivity index (χ3n) is 6.20. The minimum absolute atomic E-state index is 0.0532. The molecule has 4 amide bonds. The van der Waals surface area contributed by atoms with Gasteiger partial charge >= 0.3 is 12.2 Å². The number of ether oxygens (including phenoxy) is 2. The third kappa shape index (κ3) is 5.82. The van der Waals surface area contributed by atoms with Gasteiger partial charge in [-0.2, -0.15) is 0 Å². The number of hydrogen-bond donors (Lipinski definition) is 0. The molecule has 0 unspecified atom stereocenters. The van der Waals surface area contributed by atoms with Crippen LogP contribution in [0.2, 0.25) is 0 Å². The van der Waals surface area contributed by atoms with E-state index in [1.54, 1.807) is 9.80 Å². The van der Waals surface area contributed by atoms with Gasteiger partial charge in [0.1, 0.15) is 11.5 Å². The molecule has 3 heterocycles. The second-order valence-electron chi connectivity index (χ2n) is 8.51. The molecule has 0 spiro atoms. The van der Waals surface area contributed by atoms with E-state index in [-0.39, 0.29) is 29.0 Å². The molecule has 3 aliphatic heterocycles. The van der Waals surface area contributed by atoms with E-state index < -0.39 is 12.2 Å². The number of carbonyl (C=O) groups excluding carboxylic acids is 4. The molecule has 0 N–H and O–H groups in total. The van der Waals surface area contributed by atoms with Gasteiger partial charge in [0.15, 0.2) is 0 Å². The molecule has 0 atom stereocenters. The van der Waals surface area contributed by atoms with Crippen LogP contribution in [-0.4, -0.2) is 96.0 Å². The lowest BCUT2D eigenvalue weighted by atomic mass is 10.3. The normalized spacial score (nSPS) is 16.8. The second-order valence-corrected chi connectivity index (χ2v) is 10.8. The van der Waals surface area contributed by atoms with E-state index in [0.717, 1.165) is 23.5 Å². The lowest BCUT2D eigenvalue weighted by Crippen LogP contribution is -2.50. The zero-order valence-electron chi connectivity index (χ0n) is 20.8. The Balaban J connectivity index is 1.53. The van der Waals surface area contributed by atoms with E-state index in [1.165, 1.54) is 35.8 Å². The summed E-state index contributed by atoms with van der Waals surface area (Å²) in [5, 5.41) is 9.37. The Morgan fingerprint density at radius 3 is 1.47 bits per heavy atom. The van der Waals surface area contributed by atoms with Crippen LogP contribution in [-0.2, 0) is 9.59 Å². The summed E-state index contributed by atoms with van der Waals surface area (Å²) in [5.74, 6) is 0.317. The fourth-order valence-electron chi connectivity index (χ4n) is 4.02. The van der Waals surface area contributed by atoms with E-state index in [4.69, 9.17) is 16.0 Å². The summed E-state index contributed by atoms with van der Waals surface area (Å²) in [6.45, 7) is 13.2. The molecule has 4 rings (SSSR count). The average molecular weight is 557 g/mol. The number of allylic oxidation sites excluding steroid dienone is 1. The first-order valence-corrected chi connectivity index (χ1v) is 13.3. The number of piperazine rings is 2. The first kappa shape index (κ1) is 27.2. The molecule has 0 aliphatic carbocycles. The van der Waals surface area contributed by atoms with Gasteiger partial charge in [0.2, 0.25) is 11.8 Å². The number of fused-ring (bicyclic) bond motifs is 1. The maximum Gasteiger partial charge on any atom is 0.415 e. The topological polar surface area (TPSA) is 128 Å². The highest BCUT2D eigenvalue weighted by atomic mass is 32.2. The van der Waals surface area contributed by atoms with Crippen LogP contribution in [0.1, 0.15) is 13.8 Å². The fourth-order valence-corrected chi connectivity index (χ4v) is 6.50. The SMILES string of the molecule is [C-]#[N+]C(C#N)=C1Sc2c(OC(=O)N3CCN(C(C)=O)CC3)ccc(OC(=O)N3CCN(C(C)=O)CC3)c2S1. The minimum Gasteiger partial charge on any atom is -0.409 e. The van der Waals surface area contributed by atoms with Crippen molar-refractivity contribution >= 4 is 47.5 Å². The predicted molar refractivity (Wildman–Crippen MR) is 137 cm³/mol. The number of nitriles is 1. The summed E-state index contributed by atoms with van der Waals surface area (Å²) in [6.07, 6.45) is -1.17. The lowest BCUT2D eigenvalue weighted by molar-refractivity contribution is -0.131. The highest BCUT2D eigenvalue weighted by Gasteiger charge is 2.32. The number of benzene rings is 1. The van der Waals surface area contributed by atoms with Crippen molar-refractivity contribution in [3.05, 3.63) is 33.5 Å². The Morgan fingerprint density at radius 1 is 0.789 bits per heavy atom. The monoisotopic (exact) mass is 556 g/mol. The molecule has 14 heteroatoms. The molecule has 0 radical (unpaired) electrons. The molecule has 2 fully saturated rings. The van der Waals surface area contributed by atoms with Gasteiger partial charge in [0.25, 0.3) is 5.70 Å². The summed E-state index contributed by atoms with van der Waals surface area (Å²) in [5.41, 5.74) is -0.119. The maximum atomic E-state index is 12.9. The van der Waals surface area contributed by atoms with Gasteiger partial charge in [-0.25, -0.2) is 19.7 Å². The Labute approximate surface area is 227 Å². The Kier molecular flexibility index (Phi) is 8.34. The van der Waals surface area contributed by atoms with Crippen molar-refractivity contribution in [3.8, 4) is 17.6 Å². The van der Waals surface area contributed by atoms with Gasteiger partial charge < -0.3 is 29.1 Å². The number of amides is 4. The van der Waals surface area contributed by atoms with Crippen LogP contribution in [0.25, 0.3) is 4.85 Å². The van der Waals surface area contributed by atoms with Crippen LogP contribution in [0.15, 0.2) is 31.9 Å². The van der Waals surface area contributed by atoms with Crippen molar-refractivity contribution in [1.29, 1.82) is 5.26 Å². The van der Waals surface area contributed by atoms with Crippen molar-refractivity contribution in [2.75, 3.05) is 52.4 Å². The van der Waals surface area contributed by atoms with Crippen molar-refractivity contribution in [1.82, 2.24) is 19.6 Å². The zero-order chi connectivity index (χ0) is 27.4. The zero-order valence-corrected chi connectivity index (χ0v) is 22.4. The van der Waals surface area contributed by atoms with Crippen molar-refractivity contribution in [3.63, 3.8) is 0 Å². The van der Waals surface area contributed by atoms with Crippen molar-refractivity contribution in [2.45, 2.75) is 23.6 Å². The van der Waals surface area contributed by atoms with E-state index >= 15 is 0 Å². The second kappa shape index (κ2) is 11.7. The Hall–Kier alpha value is -3.88. The molecule has 1 aromatic rings. The first-order chi connectivity index (χ1) is 18.2. The molecule has 0 bridgehead atoms. The summed E-state index contributed by atoms with van der Waals surface area (Å²) < 4.78 is 11.7. The van der Waals surface area contributed by atoms with Crippen molar-refractivity contribution in [2.24, 2.45) is 0 Å². The summed E-state index contributed by atoms with van der Waals surface area (Å²) in [4.78, 5) is 59.4. The smallest absolute Gasteiger partial charge is 0.409 e. The van der Waals surface area contributed by atoms with Crippen LogP contribution in [0.4, 0.5) is 9.59 Å². The van der Waals surface area contributed by atoms with Crippen molar-refractivity contribution < 1.29 is 28.7 Å². The number of carbonyl (C=O) groups is 4. The standard InChI is InChI=1S/C24H24N6O6S2/c1-15(31)27-6-10-29(11-7-27)23(33)35-18-4-5-19(21-20(18)37-22(38-21)17(14-25)26-3)36-24(34)30-12-8-28(9-13-30)16(2)32/h4-5H,6-13H2,1-2H3. The number of rotatable bonds is 2. The fraction of sp³-hybridized carbons (Fsp3) is 0.417. The van der Waals surface area contributed by atoms with Gasteiger partial charge in [-0.15, -0.1) is 0 Å². The largest absolute Gasteiger partial charge is 0.415 e. The van der Waals surface area contributed by atoms with Crippen LogP contribution in [0, 0.1) is 17.9 Å². The summed E-state index contributed by atoms with van der Waals surface area (Å²) in [6, 6.07) is 4.89. The molecule has 3 aliphatic rings. The summed E-state index contributed by atoms with van der Waals surface area (Å²) in [7, 11) is 0. The highest BCUT2D eigenvalue weighted by Crippen LogP contribution is 2.59. The number of thioether (sulfide) groups is 2.